The first-order valence-corrected chi connectivity index (χ1v) is 10.5. The van der Waals surface area contributed by atoms with Crippen LogP contribution in [0.4, 0.5) is 10.2 Å². The van der Waals surface area contributed by atoms with E-state index in [1.165, 1.54) is 6.07 Å². The molecule has 1 aromatic carbocycles. The maximum atomic E-state index is 14.6. The minimum atomic E-state index is -0.279. The second kappa shape index (κ2) is 6.58. The van der Waals surface area contributed by atoms with E-state index in [-0.39, 0.29) is 11.2 Å². The molecule has 3 aromatic heterocycles. The molecule has 8 nitrogen and oxygen atoms in total. The van der Waals surface area contributed by atoms with E-state index < -0.39 is 0 Å². The molecule has 0 bridgehead atoms. The van der Waals surface area contributed by atoms with Crippen LogP contribution in [0.2, 0.25) is 0 Å². The standard InChI is InChI=1S/C22H23FN8/c1-30-10-13(8-26-30)19-20-21(29-28-19)27-18(9-25-20)31-7-6-14-16(11-31)22(14,12-24)15-4-2-3-5-17(15)23/h2-5,8-10,14,16H,6-7,11-12,24H2,1H3,(H,27,28,29)/t14-,16+,22-/m1/s1. The number of rotatable bonds is 4. The predicted molar refractivity (Wildman–Crippen MR) is 115 cm³/mol. The van der Waals surface area contributed by atoms with E-state index in [0.29, 0.717) is 24.0 Å². The smallest absolute Gasteiger partial charge is 0.177 e. The summed E-state index contributed by atoms with van der Waals surface area (Å²) in [5, 5.41) is 11.6. The minimum absolute atomic E-state index is 0.157. The third kappa shape index (κ3) is 2.62. The van der Waals surface area contributed by atoms with Crippen molar-refractivity contribution in [3.63, 3.8) is 0 Å². The summed E-state index contributed by atoms with van der Waals surface area (Å²) >= 11 is 0. The molecule has 0 amide bonds. The second-order valence-electron chi connectivity index (χ2n) is 8.57. The number of halogens is 1. The SMILES string of the molecule is Cn1cc(-c2n[nH]c3nc(N4CC[C@@H]5[C@H](C4)[C@@]5(CN)c4ccccc4F)cnc23)cn1. The zero-order valence-electron chi connectivity index (χ0n) is 17.2. The van der Waals surface area contributed by atoms with Crippen LogP contribution in [0.3, 0.4) is 0 Å². The topological polar surface area (TPSA) is 102 Å². The van der Waals surface area contributed by atoms with Gasteiger partial charge in [-0.2, -0.15) is 10.2 Å². The van der Waals surface area contributed by atoms with Crippen molar-refractivity contribution in [1.29, 1.82) is 0 Å². The number of aromatic nitrogens is 6. The Morgan fingerprint density at radius 1 is 1.26 bits per heavy atom. The molecule has 4 heterocycles. The first-order valence-electron chi connectivity index (χ1n) is 10.5. The van der Waals surface area contributed by atoms with Crippen molar-refractivity contribution in [3.05, 3.63) is 54.2 Å². The van der Waals surface area contributed by atoms with Crippen LogP contribution in [0.5, 0.6) is 0 Å². The van der Waals surface area contributed by atoms with Crippen LogP contribution < -0.4 is 10.6 Å². The maximum absolute atomic E-state index is 14.6. The number of benzene rings is 1. The van der Waals surface area contributed by atoms with Crippen molar-refractivity contribution in [1.82, 2.24) is 29.9 Å². The van der Waals surface area contributed by atoms with Crippen LogP contribution in [0.15, 0.2) is 42.9 Å². The van der Waals surface area contributed by atoms with Crippen LogP contribution >= 0.6 is 0 Å². The van der Waals surface area contributed by atoms with Gasteiger partial charge >= 0.3 is 0 Å². The van der Waals surface area contributed by atoms with Gasteiger partial charge in [-0.1, -0.05) is 18.2 Å². The first kappa shape index (κ1) is 18.4. The van der Waals surface area contributed by atoms with Crippen molar-refractivity contribution < 1.29 is 4.39 Å². The van der Waals surface area contributed by atoms with E-state index >= 15 is 0 Å². The maximum Gasteiger partial charge on any atom is 0.177 e. The third-order valence-corrected chi connectivity index (χ3v) is 7.10. The van der Waals surface area contributed by atoms with E-state index in [1.807, 2.05) is 25.4 Å². The van der Waals surface area contributed by atoms with Gasteiger partial charge in [0.15, 0.2) is 5.65 Å². The van der Waals surface area contributed by atoms with Gasteiger partial charge < -0.3 is 10.6 Å². The molecule has 1 aliphatic heterocycles. The van der Waals surface area contributed by atoms with Gasteiger partial charge in [-0.15, -0.1) is 0 Å². The quantitative estimate of drug-likeness (QED) is 0.527. The molecular weight excluding hydrogens is 395 g/mol. The Labute approximate surface area is 178 Å². The number of nitrogens with two attached hydrogens (primary N) is 1. The molecular formula is C22H23FN8. The summed E-state index contributed by atoms with van der Waals surface area (Å²) in [6, 6.07) is 7.05. The van der Waals surface area contributed by atoms with E-state index in [2.05, 4.69) is 25.2 Å². The average molecular weight is 418 g/mol. The summed E-state index contributed by atoms with van der Waals surface area (Å²) < 4.78 is 16.3. The molecule has 9 heteroatoms. The molecule has 1 saturated heterocycles. The summed E-state index contributed by atoms with van der Waals surface area (Å²) in [4.78, 5) is 11.7. The average Bonchev–Trinajstić information content (AvgIpc) is 3.04. The molecule has 3 N–H and O–H groups in total. The molecule has 1 saturated carbocycles. The fraction of sp³-hybridized carbons (Fsp3) is 0.364. The van der Waals surface area contributed by atoms with Crippen LogP contribution in [-0.4, -0.2) is 49.6 Å². The summed E-state index contributed by atoms with van der Waals surface area (Å²) in [6.45, 7) is 2.10. The highest BCUT2D eigenvalue weighted by Crippen LogP contribution is 2.63. The lowest BCUT2D eigenvalue weighted by atomic mass is 9.91. The number of piperidine rings is 1. The summed E-state index contributed by atoms with van der Waals surface area (Å²) in [7, 11) is 1.87. The Hall–Kier alpha value is -3.33. The summed E-state index contributed by atoms with van der Waals surface area (Å²) in [5.74, 6) is 1.37. The van der Waals surface area contributed by atoms with Gasteiger partial charge in [0.2, 0.25) is 0 Å². The molecule has 158 valence electrons. The molecule has 2 aliphatic rings. The molecule has 0 unspecified atom stereocenters. The highest BCUT2D eigenvalue weighted by Gasteiger charge is 2.66. The zero-order chi connectivity index (χ0) is 21.2. The van der Waals surface area contributed by atoms with Crippen molar-refractivity contribution >= 4 is 17.0 Å². The predicted octanol–water partition coefficient (Wildman–Crippen LogP) is 2.25. The van der Waals surface area contributed by atoms with Crippen LogP contribution in [-0.2, 0) is 12.5 Å². The Bertz CT molecular complexity index is 1280. The number of aromatic amines is 1. The molecule has 3 atom stereocenters. The molecule has 1 aliphatic carbocycles. The first-order chi connectivity index (χ1) is 15.1. The number of H-pyrrole nitrogens is 1. The molecule has 2 fully saturated rings. The van der Waals surface area contributed by atoms with Crippen molar-refractivity contribution in [3.8, 4) is 11.3 Å². The van der Waals surface area contributed by atoms with Gasteiger partial charge in [0, 0.05) is 43.9 Å². The largest absolute Gasteiger partial charge is 0.355 e. The Balaban J connectivity index is 1.29. The highest BCUT2D eigenvalue weighted by molar-refractivity contribution is 5.87. The number of fused-ring (bicyclic) bond motifs is 2. The number of nitrogens with zero attached hydrogens (tertiary/aromatic N) is 6. The van der Waals surface area contributed by atoms with Crippen LogP contribution in [0.1, 0.15) is 12.0 Å². The van der Waals surface area contributed by atoms with Crippen LogP contribution in [0, 0.1) is 17.7 Å². The summed E-state index contributed by atoms with van der Waals surface area (Å²) in [5.41, 5.74) is 9.70. The second-order valence-corrected chi connectivity index (χ2v) is 8.57. The normalized spacial score (nSPS) is 25.1. The molecule has 0 spiro atoms. The van der Waals surface area contributed by atoms with Crippen LogP contribution in [0.25, 0.3) is 22.4 Å². The number of nitrogens with one attached hydrogen (secondary N) is 1. The highest BCUT2D eigenvalue weighted by atomic mass is 19.1. The molecule has 0 radical (unpaired) electrons. The third-order valence-electron chi connectivity index (χ3n) is 7.10. The van der Waals surface area contributed by atoms with E-state index in [4.69, 9.17) is 10.7 Å². The van der Waals surface area contributed by atoms with Gasteiger partial charge in [-0.25, -0.2) is 14.4 Å². The zero-order valence-corrected chi connectivity index (χ0v) is 17.2. The lowest BCUT2D eigenvalue weighted by molar-refractivity contribution is 0.533. The lowest BCUT2D eigenvalue weighted by Crippen LogP contribution is -2.32. The number of hydrogen-bond acceptors (Lipinski definition) is 6. The Morgan fingerprint density at radius 3 is 2.90 bits per heavy atom. The number of hydrogen-bond donors (Lipinski definition) is 2. The molecule has 31 heavy (non-hydrogen) atoms. The Morgan fingerprint density at radius 2 is 2.13 bits per heavy atom. The van der Waals surface area contributed by atoms with Gasteiger partial charge in [0.1, 0.15) is 22.8 Å². The van der Waals surface area contributed by atoms with Crippen molar-refractivity contribution in [2.24, 2.45) is 24.6 Å². The van der Waals surface area contributed by atoms with Crippen molar-refractivity contribution in [2.45, 2.75) is 11.8 Å². The molecule has 4 aromatic rings. The summed E-state index contributed by atoms with van der Waals surface area (Å²) in [6.07, 6.45) is 6.42. The van der Waals surface area contributed by atoms with Gasteiger partial charge in [0.05, 0.1) is 12.4 Å². The monoisotopic (exact) mass is 418 g/mol. The van der Waals surface area contributed by atoms with Gasteiger partial charge in [0.25, 0.3) is 0 Å². The van der Waals surface area contributed by atoms with Gasteiger partial charge in [-0.05, 0) is 29.9 Å². The minimum Gasteiger partial charge on any atom is -0.355 e. The fourth-order valence-electron chi connectivity index (χ4n) is 5.53. The lowest BCUT2D eigenvalue weighted by Gasteiger charge is -2.26. The number of aryl methyl sites for hydroxylation is 1. The van der Waals surface area contributed by atoms with E-state index in [9.17, 15) is 4.39 Å². The van der Waals surface area contributed by atoms with E-state index in [0.717, 1.165) is 47.7 Å². The number of anilines is 1. The van der Waals surface area contributed by atoms with Gasteiger partial charge in [-0.3, -0.25) is 9.78 Å². The van der Waals surface area contributed by atoms with Crippen molar-refractivity contribution in [2.75, 3.05) is 24.5 Å². The van der Waals surface area contributed by atoms with E-state index in [1.54, 1.807) is 23.1 Å². The Kier molecular flexibility index (Phi) is 3.92. The fourth-order valence-corrected chi connectivity index (χ4v) is 5.53. The molecule has 6 rings (SSSR count).